The van der Waals surface area contributed by atoms with E-state index >= 15 is 0 Å². The molecule has 0 aliphatic rings. The van der Waals surface area contributed by atoms with Crippen molar-refractivity contribution in [3.63, 3.8) is 0 Å². The minimum Gasteiger partial charge on any atom is -0.369 e. The van der Waals surface area contributed by atoms with Gasteiger partial charge in [0.1, 0.15) is 5.82 Å². The number of rotatable bonds is 5. The smallest absolute Gasteiger partial charge is 0.180 e. The molecule has 0 atom stereocenters. The SMILES string of the molecule is CCNc1cn2ccnc2c(NCCC(C)(C)C)n1. The van der Waals surface area contributed by atoms with Crippen LogP contribution in [0.2, 0.25) is 0 Å². The van der Waals surface area contributed by atoms with E-state index in [1.807, 2.05) is 16.8 Å². The minimum absolute atomic E-state index is 0.317. The zero-order valence-corrected chi connectivity index (χ0v) is 12.2. The van der Waals surface area contributed by atoms with Crippen molar-refractivity contribution in [2.75, 3.05) is 23.7 Å². The molecule has 2 N–H and O–H groups in total. The quantitative estimate of drug-likeness (QED) is 0.868. The van der Waals surface area contributed by atoms with Gasteiger partial charge in [-0.15, -0.1) is 0 Å². The third-order valence-electron chi connectivity index (χ3n) is 2.90. The fourth-order valence-electron chi connectivity index (χ4n) is 1.87. The highest BCUT2D eigenvalue weighted by Crippen LogP contribution is 2.20. The molecule has 0 bridgehead atoms. The Morgan fingerprint density at radius 2 is 2.05 bits per heavy atom. The van der Waals surface area contributed by atoms with Gasteiger partial charge in [0.25, 0.3) is 0 Å². The number of nitrogens with zero attached hydrogens (tertiary/aromatic N) is 3. The molecule has 0 unspecified atom stereocenters. The van der Waals surface area contributed by atoms with Crippen LogP contribution in [-0.4, -0.2) is 27.5 Å². The first-order chi connectivity index (χ1) is 8.99. The van der Waals surface area contributed by atoms with Gasteiger partial charge in [0, 0.05) is 25.5 Å². The van der Waals surface area contributed by atoms with E-state index in [1.165, 1.54) is 0 Å². The zero-order valence-electron chi connectivity index (χ0n) is 12.2. The maximum Gasteiger partial charge on any atom is 0.180 e. The van der Waals surface area contributed by atoms with Crippen molar-refractivity contribution in [2.24, 2.45) is 5.41 Å². The predicted octanol–water partition coefficient (Wildman–Crippen LogP) is 3.01. The normalized spacial score (nSPS) is 11.8. The standard InChI is InChI=1S/C14H23N5/c1-5-15-11-10-19-9-8-17-13(19)12(18-11)16-7-6-14(2,3)4/h8-10,15H,5-7H2,1-4H3,(H,16,18). The number of hydrogen-bond donors (Lipinski definition) is 2. The van der Waals surface area contributed by atoms with Gasteiger partial charge in [-0.25, -0.2) is 9.97 Å². The van der Waals surface area contributed by atoms with E-state index in [0.717, 1.165) is 36.8 Å². The van der Waals surface area contributed by atoms with Gasteiger partial charge in [0.2, 0.25) is 0 Å². The van der Waals surface area contributed by atoms with Crippen LogP contribution in [0.1, 0.15) is 34.1 Å². The summed E-state index contributed by atoms with van der Waals surface area (Å²) in [6.45, 7) is 10.5. The Morgan fingerprint density at radius 3 is 2.74 bits per heavy atom. The number of aromatic nitrogens is 3. The summed E-state index contributed by atoms with van der Waals surface area (Å²) in [5, 5.41) is 6.63. The van der Waals surface area contributed by atoms with Crippen molar-refractivity contribution in [2.45, 2.75) is 34.1 Å². The van der Waals surface area contributed by atoms with Crippen LogP contribution in [0.25, 0.3) is 5.65 Å². The maximum absolute atomic E-state index is 4.58. The Morgan fingerprint density at radius 1 is 1.26 bits per heavy atom. The minimum atomic E-state index is 0.317. The van der Waals surface area contributed by atoms with Crippen LogP contribution in [0.3, 0.4) is 0 Å². The number of imidazole rings is 1. The molecule has 19 heavy (non-hydrogen) atoms. The molecule has 104 valence electrons. The van der Waals surface area contributed by atoms with E-state index in [4.69, 9.17) is 0 Å². The van der Waals surface area contributed by atoms with E-state index in [9.17, 15) is 0 Å². The molecular formula is C14H23N5. The molecule has 2 rings (SSSR count). The summed E-state index contributed by atoms with van der Waals surface area (Å²) < 4.78 is 1.99. The van der Waals surface area contributed by atoms with E-state index in [-0.39, 0.29) is 0 Å². The van der Waals surface area contributed by atoms with Gasteiger partial charge in [-0.1, -0.05) is 20.8 Å². The summed E-state index contributed by atoms with van der Waals surface area (Å²) in [6, 6.07) is 0. The molecule has 0 aliphatic heterocycles. The predicted molar refractivity (Wildman–Crippen MR) is 79.7 cm³/mol. The van der Waals surface area contributed by atoms with Gasteiger partial charge in [-0.2, -0.15) is 0 Å². The zero-order chi connectivity index (χ0) is 13.9. The Kier molecular flexibility index (Phi) is 3.93. The van der Waals surface area contributed by atoms with Gasteiger partial charge >= 0.3 is 0 Å². The summed E-state index contributed by atoms with van der Waals surface area (Å²) >= 11 is 0. The third kappa shape index (κ3) is 3.59. The summed E-state index contributed by atoms with van der Waals surface area (Å²) in [4.78, 5) is 8.92. The topological polar surface area (TPSA) is 54.2 Å². The summed E-state index contributed by atoms with van der Waals surface area (Å²) in [5.74, 6) is 1.71. The van der Waals surface area contributed by atoms with Crippen LogP contribution >= 0.6 is 0 Å². The van der Waals surface area contributed by atoms with Crippen LogP contribution in [0.15, 0.2) is 18.6 Å². The Labute approximate surface area is 114 Å². The fourth-order valence-corrected chi connectivity index (χ4v) is 1.87. The molecule has 0 radical (unpaired) electrons. The maximum atomic E-state index is 4.58. The molecular weight excluding hydrogens is 238 g/mol. The van der Waals surface area contributed by atoms with E-state index in [0.29, 0.717) is 5.41 Å². The molecule has 2 aromatic rings. The molecule has 2 aromatic heterocycles. The van der Waals surface area contributed by atoms with Crippen molar-refractivity contribution in [1.29, 1.82) is 0 Å². The molecule has 0 aromatic carbocycles. The molecule has 5 heteroatoms. The van der Waals surface area contributed by atoms with Crippen LogP contribution in [-0.2, 0) is 0 Å². The van der Waals surface area contributed by atoms with Gasteiger partial charge in [0.05, 0.1) is 6.20 Å². The second-order valence-electron chi connectivity index (χ2n) is 5.90. The number of hydrogen-bond acceptors (Lipinski definition) is 4. The molecule has 0 aliphatic carbocycles. The van der Waals surface area contributed by atoms with Crippen molar-refractivity contribution in [1.82, 2.24) is 14.4 Å². The number of fused-ring (bicyclic) bond motifs is 1. The molecule has 5 nitrogen and oxygen atoms in total. The number of nitrogens with one attached hydrogen (secondary N) is 2. The second-order valence-corrected chi connectivity index (χ2v) is 5.90. The number of anilines is 2. The second kappa shape index (κ2) is 5.47. The first-order valence-electron chi connectivity index (χ1n) is 6.81. The Bertz CT molecular complexity index is 538. The van der Waals surface area contributed by atoms with Crippen LogP contribution in [0, 0.1) is 5.41 Å². The summed E-state index contributed by atoms with van der Waals surface area (Å²) in [7, 11) is 0. The van der Waals surface area contributed by atoms with Crippen molar-refractivity contribution in [3.8, 4) is 0 Å². The lowest BCUT2D eigenvalue weighted by atomic mass is 9.92. The first-order valence-corrected chi connectivity index (χ1v) is 6.81. The van der Waals surface area contributed by atoms with Gasteiger partial charge in [-0.3, -0.25) is 0 Å². The highest BCUT2D eigenvalue weighted by Gasteiger charge is 2.11. The summed E-state index contributed by atoms with van der Waals surface area (Å²) in [5.41, 5.74) is 1.19. The lowest BCUT2D eigenvalue weighted by Gasteiger charge is -2.18. The average molecular weight is 261 g/mol. The fraction of sp³-hybridized carbons (Fsp3) is 0.571. The molecule has 0 spiro atoms. The molecule has 0 amide bonds. The van der Waals surface area contributed by atoms with Crippen LogP contribution in [0.4, 0.5) is 11.6 Å². The van der Waals surface area contributed by atoms with Gasteiger partial charge in [-0.05, 0) is 18.8 Å². The van der Waals surface area contributed by atoms with E-state index < -0.39 is 0 Å². The van der Waals surface area contributed by atoms with Crippen LogP contribution in [0.5, 0.6) is 0 Å². The lowest BCUT2D eigenvalue weighted by Crippen LogP contribution is -2.14. The first kappa shape index (κ1) is 13.6. The van der Waals surface area contributed by atoms with E-state index in [2.05, 4.69) is 48.3 Å². The third-order valence-corrected chi connectivity index (χ3v) is 2.90. The molecule has 0 fully saturated rings. The average Bonchev–Trinajstić information content (AvgIpc) is 2.76. The van der Waals surface area contributed by atoms with Crippen molar-refractivity contribution in [3.05, 3.63) is 18.6 Å². The largest absolute Gasteiger partial charge is 0.369 e. The van der Waals surface area contributed by atoms with Crippen molar-refractivity contribution < 1.29 is 0 Å². The van der Waals surface area contributed by atoms with E-state index in [1.54, 1.807) is 6.20 Å². The highest BCUT2D eigenvalue weighted by molar-refractivity contribution is 5.65. The lowest BCUT2D eigenvalue weighted by molar-refractivity contribution is 0.389. The highest BCUT2D eigenvalue weighted by atomic mass is 15.1. The monoisotopic (exact) mass is 261 g/mol. The molecule has 2 heterocycles. The molecule has 0 saturated carbocycles. The van der Waals surface area contributed by atoms with Gasteiger partial charge in [0.15, 0.2) is 11.5 Å². The summed E-state index contributed by atoms with van der Waals surface area (Å²) in [6.07, 6.45) is 6.78. The molecule has 0 saturated heterocycles. The Balaban J connectivity index is 2.18. The van der Waals surface area contributed by atoms with Crippen molar-refractivity contribution >= 4 is 17.3 Å². The Hall–Kier alpha value is -1.78. The van der Waals surface area contributed by atoms with Crippen LogP contribution < -0.4 is 10.6 Å². The van der Waals surface area contributed by atoms with Gasteiger partial charge < -0.3 is 15.0 Å².